The van der Waals surface area contributed by atoms with Crippen molar-refractivity contribution in [1.82, 2.24) is 19.3 Å². The minimum atomic E-state index is -4.15. The van der Waals surface area contributed by atoms with E-state index in [2.05, 4.69) is 10.1 Å². The van der Waals surface area contributed by atoms with Gasteiger partial charge in [-0.05, 0) is 48.0 Å². The number of para-hydroxylation sites is 1. The number of halogens is 1. The topological polar surface area (TPSA) is 133 Å². The molecule has 210 valence electrons. The van der Waals surface area contributed by atoms with E-state index in [4.69, 9.17) is 16.3 Å². The van der Waals surface area contributed by atoms with E-state index in [0.29, 0.717) is 37.0 Å². The number of sulfonamides is 2. The van der Waals surface area contributed by atoms with Crippen LogP contribution in [0.25, 0.3) is 22.5 Å². The Hall–Kier alpha value is -4.46. The molecule has 11 nitrogen and oxygen atoms in total. The van der Waals surface area contributed by atoms with Gasteiger partial charge in [0.15, 0.2) is 0 Å². The quantitative estimate of drug-likeness (QED) is 0.254. The average molecular weight is 612 g/mol. The van der Waals surface area contributed by atoms with Crippen molar-refractivity contribution in [3.63, 3.8) is 0 Å². The monoisotopic (exact) mass is 611 g/mol. The number of imidazole rings is 1. The summed E-state index contributed by atoms with van der Waals surface area (Å²) < 4.78 is 58.9. The summed E-state index contributed by atoms with van der Waals surface area (Å²) in [6.45, 7) is 0. The van der Waals surface area contributed by atoms with Crippen LogP contribution in [-0.2, 0) is 20.0 Å². The second kappa shape index (κ2) is 10.8. The number of hydrogen-bond donors (Lipinski definition) is 0. The Morgan fingerprint density at radius 2 is 1.54 bits per heavy atom. The fourth-order valence-electron chi connectivity index (χ4n) is 4.18. The molecule has 0 N–H and O–H groups in total. The fraction of sp³-hybridized carbons (Fsp3) is 0.0741. The number of benzene rings is 3. The molecule has 0 bridgehead atoms. The van der Waals surface area contributed by atoms with E-state index in [-0.39, 0.29) is 11.4 Å². The molecule has 0 unspecified atom stereocenters. The summed E-state index contributed by atoms with van der Waals surface area (Å²) in [5, 5.41) is 4.79. The molecule has 0 fully saturated rings. The Balaban J connectivity index is 1.56. The van der Waals surface area contributed by atoms with Crippen LogP contribution in [0.4, 0.5) is 5.69 Å². The number of hydrogen-bond acceptors (Lipinski definition) is 8. The lowest BCUT2D eigenvalue weighted by molar-refractivity contribution is 0.464. The number of nitrogens with zero attached hydrogens (tertiary/aromatic N) is 5. The van der Waals surface area contributed by atoms with Gasteiger partial charge in [-0.1, -0.05) is 41.9 Å². The first kappa shape index (κ1) is 28.1. The van der Waals surface area contributed by atoms with Crippen molar-refractivity contribution in [2.45, 2.75) is 0 Å². The summed E-state index contributed by atoms with van der Waals surface area (Å²) in [7, 11) is -8.31. The summed E-state index contributed by atoms with van der Waals surface area (Å²) in [6.07, 6.45) is 7.83. The van der Waals surface area contributed by atoms with Crippen LogP contribution < -0.4 is 14.0 Å². The third-order valence-corrected chi connectivity index (χ3v) is 9.33. The van der Waals surface area contributed by atoms with E-state index in [1.807, 2.05) is 0 Å². The molecule has 0 spiro atoms. The predicted molar refractivity (Wildman–Crippen MR) is 156 cm³/mol. The van der Waals surface area contributed by atoms with Crippen molar-refractivity contribution in [1.29, 1.82) is 0 Å². The Bertz CT molecular complexity index is 1960. The number of ether oxygens (including phenoxy) is 1. The maximum atomic E-state index is 13.6. The van der Waals surface area contributed by atoms with E-state index in [1.54, 1.807) is 83.7 Å². The van der Waals surface area contributed by atoms with E-state index in [9.17, 15) is 21.6 Å². The molecule has 2 heterocycles. The van der Waals surface area contributed by atoms with Crippen LogP contribution in [0.2, 0.25) is 5.02 Å². The van der Waals surface area contributed by atoms with Crippen LogP contribution in [0.5, 0.6) is 11.5 Å². The Morgan fingerprint density at radius 3 is 2.15 bits per heavy atom. The summed E-state index contributed by atoms with van der Waals surface area (Å²) >= 11 is 5.99. The molecule has 0 amide bonds. The molecule has 0 radical (unpaired) electrons. The van der Waals surface area contributed by atoms with Gasteiger partial charge < -0.3 is 9.30 Å². The first-order chi connectivity index (χ1) is 19.4. The summed E-state index contributed by atoms with van der Waals surface area (Å²) in [5.74, 6) is 0.267. The van der Waals surface area contributed by atoms with E-state index in [1.165, 1.54) is 23.3 Å². The van der Waals surface area contributed by atoms with Gasteiger partial charge in [-0.15, -0.1) is 0 Å². The van der Waals surface area contributed by atoms with E-state index in [0.717, 1.165) is 12.5 Å². The zero-order chi connectivity index (χ0) is 29.4. The third-order valence-electron chi connectivity index (χ3n) is 5.86. The van der Waals surface area contributed by atoms with Gasteiger partial charge in [-0.3, -0.25) is 4.79 Å². The smallest absolute Gasteiger partial charge is 0.316 e. The van der Waals surface area contributed by atoms with Gasteiger partial charge in [0, 0.05) is 23.0 Å². The molecule has 5 aromatic rings. The highest BCUT2D eigenvalue weighted by molar-refractivity contribution is 8.09. The molecule has 41 heavy (non-hydrogen) atoms. The van der Waals surface area contributed by atoms with Gasteiger partial charge in [-0.25, -0.2) is 21.8 Å². The predicted octanol–water partition coefficient (Wildman–Crippen LogP) is 4.26. The highest BCUT2D eigenvalue weighted by Crippen LogP contribution is 2.35. The van der Waals surface area contributed by atoms with Crippen LogP contribution in [0.15, 0.2) is 103 Å². The van der Waals surface area contributed by atoms with E-state index >= 15 is 0 Å². The highest BCUT2D eigenvalue weighted by Gasteiger charge is 2.29. The molecule has 3 aromatic carbocycles. The van der Waals surface area contributed by atoms with Crippen molar-refractivity contribution >= 4 is 37.3 Å². The van der Waals surface area contributed by atoms with Crippen molar-refractivity contribution in [2.75, 3.05) is 16.2 Å². The SMILES string of the molecule is CS(=O)(=O)N(c1ccccc1-c1ccc(Oc2c(-n3ccnc3)cnn(-c3ccc(Cl)cc3)c2=O)cc1)S(C)(=O)=O. The first-order valence-corrected chi connectivity index (χ1v) is 16.0. The van der Waals surface area contributed by atoms with Gasteiger partial charge in [0.05, 0.1) is 36.4 Å². The maximum Gasteiger partial charge on any atom is 0.316 e. The molecule has 0 saturated heterocycles. The summed E-state index contributed by atoms with van der Waals surface area (Å²) in [6, 6.07) is 19.3. The van der Waals surface area contributed by atoms with Gasteiger partial charge in [0.25, 0.3) is 0 Å². The fourth-order valence-corrected chi connectivity index (χ4v) is 7.30. The zero-order valence-electron chi connectivity index (χ0n) is 21.6. The molecule has 5 rings (SSSR count). The van der Waals surface area contributed by atoms with Gasteiger partial charge >= 0.3 is 5.56 Å². The zero-order valence-corrected chi connectivity index (χ0v) is 24.0. The lowest BCUT2D eigenvalue weighted by Crippen LogP contribution is -2.35. The van der Waals surface area contributed by atoms with Crippen LogP contribution in [0.1, 0.15) is 0 Å². The molecule has 0 aliphatic carbocycles. The number of aromatic nitrogens is 4. The second-order valence-electron chi connectivity index (χ2n) is 8.89. The number of rotatable bonds is 8. The third kappa shape index (κ3) is 5.87. The molecule has 2 aromatic heterocycles. The van der Waals surface area contributed by atoms with Crippen molar-refractivity contribution in [2.24, 2.45) is 0 Å². The van der Waals surface area contributed by atoms with Crippen molar-refractivity contribution in [3.05, 3.63) is 113 Å². The minimum absolute atomic E-state index is 0.0199. The molecule has 0 atom stereocenters. The summed E-state index contributed by atoms with van der Waals surface area (Å²) in [5.41, 5.74) is 1.16. The molecular weight excluding hydrogens is 590 g/mol. The van der Waals surface area contributed by atoms with Crippen molar-refractivity contribution in [3.8, 4) is 34.0 Å². The number of anilines is 1. The summed E-state index contributed by atoms with van der Waals surface area (Å²) in [4.78, 5) is 17.6. The Morgan fingerprint density at radius 1 is 0.878 bits per heavy atom. The average Bonchev–Trinajstić information content (AvgIpc) is 3.45. The van der Waals surface area contributed by atoms with Gasteiger partial charge in [0.1, 0.15) is 11.4 Å². The van der Waals surface area contributed by atoms with Crippen molar-refractivity contribution < 1.29 is 21.6 Å². The molecule has 0 aliphatic heterocycles. The van der Waals surface area contributed by atoms with Gasteiger partial charge in [0.2, 0.25) is 25.8 Å². The van der Waals surface area contributed by atoms with Crippen LogP contribution in [0, 0.1) is 0 Å². The largest absolute Gasteiger partial charge is 0.449 e. The lowest BCUT2D eigenvalue weighted by Gasteiger charge is -2.22. The minimum Gasteiger partial charge on any atom is -0.449 e. The molecular formula is C27H22ClN5O6S2. The highest BCUT2D eigenvalue weighted by atomic mass is 35.5. The van der Waals surface area contributed by atoms with Crippen LogP contribution >= 0.6 is 11.6 Å². The molecule has 0 saturated carbocycles. The van der Waals surface area contributed by atoms with E-state index < -0.39 is 25.6 Å². The van der Waals surface area contributed by atoms with Gasteiger partial charge in [-0.2, -0.15) is 13.5 Å². The van der Waals surface area contributed by atoms with Crippen LogP contribution in [0.3, 0.4) is 0 Å². The Labute approximate surface area is 241 Å². The normalized spacial score (nSPS) is 11.8. The standard InChI is InChI=1S/C27H22ClN5O6S2/c1-40(35,36)33(41(2,37)38)24-6-4-3-5-23(24)19-7-13-22(14-8-19)39-26-25(31-16-15-29-18-31)17-30-32(27(26)34)21-11-9-20(28)10-12-21/h3-18H,1-2H3. The maximum absolute atomic E-state index is 13.6. The lowest BCUT2D eigenvalue weighted by atomic mass is 10.0. The van der Waals surface area contributed by atoms with Crippen LogP contribution in [-0.4, -0.2) is 48.7 Å². The second-order valence-corrected chi connectivity index (χ2v) is 13.2. The molecule has 0 aliphatic rings. The molecule has 14 heteroatoms. The first-order valence-electron chi connectivity index (χ1n) is 11.9. The Kier molecular flexibility index (Phi) is 7.43.